The third kappa shape index (κ3) is 4.66. The molecule has 0 saturated carbocycles. The third-order valence-corrected chi connectivity index (χ3v) is 5.95. The van der Waals surface area contributed by atoms with Crippen LogP contribution in [0.2, 0.25) is 0 Å². The van der Waals surface area contributed by atoms with Crippen LogP contribution in [0.5, 0.6) is 0 Å². The van der Waals surface area contributed by atoms with Gasteiger partial charge in [0.15, 0.2) is 0 Å². The first kappa shape index (κ1) is 15.7. The molecule has 0 aliphatic rings. The average Bonchev–Trinajstić information content (AvgIpc) is 2.14. The van der Waals surface area contributed by atoms with Gasteiger partial charge in [-0.05, 0) is 0 Å². The van der Waals surface area contributed by atoms with E-state index >= 15 is 0 Å². The predicted octanol–water partition coefficient (Wildman–Crippen LogP) is 6.36. The first-order valence-electron chi connectivity index (χ1n) is 5.56. The normalized spacial score (nSPS) is 12.3. The molecule has 1 aromatic rings. The second kappa shape index (κ2) is 6.18. The van der Waals surface area contributed by atoms with Crippen LogP contribution < -0.4 is 0 Å². The molecule has 0 unspecified atom stereocenters. The molecule has 5 heteroatoms. The van der Waals surface area contributed by atoms with E-state index in [0.29, 0.717) is 11.8 Å². The Morgan fingerprint density at radius 2 is 1.35 bits per heavy atom. The van der Waals surface area contributed by atoms with E-state index in [4.69, 9.17) is 27.6 Å². The van der Waals surface area contributed by atoms with E-state index in [1.807, 2.05) is 0 Å². The maximum absolute atomic E-state index is 6.00. The van der Waals surface area contributed by atoms with Crippen LogP contribution in [0.25, 0.3) is 0 Å². The molecular formula is C12H17Cl3NTa. The fraction of sp³-hybridized carbons (Fsp3) is 0.500. The van der Waals surface area contributed by atoms with Gasteiger partial charge in [0.1, 0.15) is 0 Å². The molecule has 1 nitrogen and oxygen atoms in total. The fourth-order valence-corrected chi connectivity index (χ4v) is 5.24. The van der Waals surface area contributed by atoms with Gasteiger partial charge in [-0.15, -0.1) is 0 Å². The second-order valence-corrected chi connectivity index (χ2v) is 24.6. The predicted molar refractivity (Wildman–Crippen MR) is 74.3 cm³/mol. The minimum absolute atomic E-state index is 0.381. The summed E-state index contributed by atoms with van der Waals surface area (Å²) in [5.41, 5.74) is 3.25. The Morgan fingerprint density at radius 3 is 1.65 bits per heavy atom. The van der Waals surface area contributed by atoms with Crippen molar-refractivity contribution in [2.24, 2.45) is 3.34 Å². The van der Waals surface area contributed by atoms with E-state index < -0.39 is 13.7 Å². The molecular weight excluding hydrogens is 445 g/mol. The average molecular weight is 463 g/mol. The van der Waals surface area contributed by atoms with Crippen molar-refractivity contribution in [2.45, 2.75) is 39.5 Å². The summed E-state index contributed by atoms with van der Waals surface area (Å²) in [6.45, 7) is 8.53. The van der Waals surface area contributed by atoms with Crippen molar-refractivity contribution in [1.82, 2.24) is 0 Å². The quantitative estimate of drug-likeness (QED) is 0.495. The molecule has 96 valence electrons. The zero-order chi connectivity index (χ0) is 13.2. The summed E-state index contributed by atoms with van der Waals surface area (Å²) in [5.74, 6) is 0.763. The third-order valence-electron chi connectivity index (χ3n) is 2.56. The summed E-state index contributed by atoms with van der Waals surface area (Å²) >= 11 is -3.79. The molecule has 0 aliphatic heterocycles. The van der Waals surface area contributed by atoms with E-state index in [1.165, 1.54) is 11.1 Å². The van der Waals surface area contributed by atoms with Crippen LogP contribution in [-0.4, -0.2) is 0 Å². The summed E-state index contributed by atoms with van der Waals surface area (Å²) in [4.78, 5) is 0. The van der Waals surface area contributed by atoms with E-state index in [1.54, 1.807) is 0 Å². The fourth-order valence-electron chi connectivity index (χ4n) is 1.74. The summed E-state index contributed by atoms with van der Waals surface area (Å²) in [7, 11) is 18.0. The van der Waals surface area contributed by atoms with E-state index in [-0.39, 0.29) is 0 Å². The molecule has 0 aromatic heterocycles. The Kier molecular flexibility index (Phi) is 5.71. The number of halogens is 3. The molecule has 0 bridgehead atoms. The van der Waals surface area contributed by atoms with Crippen molar-refractivity contribution in [2.75, 3.05) is 0 Å². The number of rotatable bonds is 3. The van der Waals surface area contributed by atoms with Crippen molar-refractivity contribution in [3.8, 4) is 0 Å². The SMILES string of the molecule is CC(C)c1cccc(C(C)C)c1[N]=[Ta]([Cl])([Cl])[Cl]. The van der Waals surface area contributed by atoms with Crippen molar-refractivity contribution in [3.63, 3.8) is 0 Å². The first-order chi connectivity index (χ1) is 7.72. The minimum atomic E-state index is -3.79. The topological polar surface area (TPSA) is 12.4 Å². The van der Waals surface area contributed by atoms with Gasteiger partial charge in [-0.2, -0.15) is 0 Å². The molecule has 1 rings (SSSR count). The van der Waals surface area contributed by atoms with Gasteiger partial charge in [0, 0.05) is 0 Å². The van der Waals surface area contributed by atoms with Crippen molar-refractivity contribution in [1.29, 1.82) is 0 Å². The summed E-state index contributed by atoms with van der Waals surface area (Å²) in [6.07, 6.45) is 0. The van der Waals surface area contributed by atoms with Crippen LogP contribution in [-0.2, 0) is 13.7 Å². The Hall–Kier alpha value is 0.630. The molecule has 0 saturated heterocycles. The molecule has 0 N–H and O–H groups in total. The Bertz CT molecular complexity index is 415. The molecule has 17 heavy (non-hydrogen) atoms. The zero-order valence-corrected chi connectivity index (χ0v) is 15.9. The Morgan fingerprint density at radius 1 is 0.941 bits per heavy atom. The van der Waals surface area contributed by atoms with Crippen LogP contribution in [0.3, 0.4) is 0 Å². The van der Waals surface area contributed by atoms with E-state index in [2.05, 4.69) is 49.2 Å². The van der Waals surface area contributed by atoms with Gasteiger partial charge in [0.2, 0.25) is 0 Å². The van der Waals surface area contributed by atoms with Gasteiger partial charge in [0.05, 0.1) is 0 Å². The second-order valence-electron chi connectivity index (χ2n) is 4.61. The van der Waals surface area contributed by atoms with Crippen LogP contribution in [0, 0.1) is 0 Å². The van der Waals surface area contributed by atoms with Gasteiger partial charge in [-0.25, -0.2) is 0 Å². The monoisotopic (exact) mass is 461 g/mol. The molecule has 0 radical (unpaired) electrons. The van der Waals surface area contributed by atoms with E-state index in [0.717, 1.165) is 5.69 Å². The summed E-state index contributed by atoms with van der Waals surface area (Å²) in [6, 6.07) is 6.19. The van der Waals surface area contributed by atoms with Gasteiger partial charge in [-0.1, -0.05) is 0 Å². The molecule has 0 atom stereocenters. The molecule has 0 heterocycles. The van der Waals surface area contributed by atoms with Gasteiger partial charge >= 0.3 is 119 Å². The Labute approximate surface area is 118 Å². The van der Waals surface area contributed by atoms with Crippen LogP contribution in [0.15, 0.2) is 21.5 Å². The van der Waals surface area contributed by atoms with Crippen LogP contribution in [0.1, 0.15) is 50.7 Å². The molecule has 0 fully saturated rings. The molecule has 0 amide bonds. The van der Waals surface area contributed by atoms with Gasteiger partial charge < -0.3 is 0 Å². The molecule has 0 spiro atoms. The first-order valence-corrected chi connectivity index (χ1v) is 18.9. The van der Waals surface area contributed by atoms with Gasteiger partial charge in [0.25, 0.3) is 0 Å². The van der Waals surface area contributed by atoms with Crippen LogP contribution in [0.4, 0.5) is 5.69 Å². The molecule has 0 aliphatic carbocycles. The standard InChI is InChI=1S/C12H17N.3ClH.Ta/c1-8(2)10-6-5-7-11(9(3)4)12(10)13;;;;/h5-9H,1-4H3;3*1H;/q;;;;+3/p-3. The van der Waals surface area contributed by atoms with Crippen LogP contribution >= 0.6 is 27.6 Å². The van der Waals surface area contributed by atoms with E-state index in [9.17, 15) is 0 Å². The summed E-state index contributed by atoms with van der Waals surface area (Å²) in [5, 5.41) is 0. The van der Waals surface area contributed by atoms with Crippen molar-refractivity contribution < 1.29 is 13.7 Å². The summed E-state index contributed by atoms with van der Waals surface area (Å²) < 4.78 is 4.45. The van der Waals surface area contributed by atoms with Crippen molar-refractivity contribution >= 4 is 33.3 Å². The number of hydrogen-bond donors (Lipinski definition) is 0. The maximum atomic E-state index is 6.00. The Balaban J connectivity index is 3.51. The number of nitrogens with zero attached hydrogens (tertiary/aromatic N) is 1. The zero-order valence-electron chi connectivity index (χ0n) is 10.4. The number of benzene rings is 1. The van der Waals surface area contributed by atoms with Gasteiger partial charge in [-0.3, -0.25) is 0 Å². The molecule has 1 aromatic carbocycles. The number of hydrogen-bond acceptors (Lipinski definition) is 1. The van der Waals surface area contributed by atoms with Crippen molar-refractivity contribution in [3.05, 3.63) is 29.3 Å².